The van der Waals surface area contributed by atoms with Crippen LogP contribution in [0.25, 0.3) is 0 Å². The Morgan fingerprint density at radius 1 is 0.893 bits per heavy atom. The number of nitro benzene ring substituents is 1. The summed E-state index contributed by atoms with van der Waals surface area (Å²) in [5, 5.41) is 16.3. The van der Waals surface area contributed by atoms with Gasteiger partial charge in [0, 0.05) is 23.5 Å². The number of amides is 1. The van der Waals surface area contributed by atoms with E-state index in [0.717, 1.165) is 5.56 Å². The zero-order valence-electron chi connectivity index (χ0n) is 15.0. The third-order valence-corrected chi connectivity index (χ3v) is 3.92. The fraction of sp³-hybridized carbons (Fsp3) is 0.0952. The van der Waals surface area contributed by atoms with Crippen molar-refractivity contribution in [2.24, 2.45) is 0 Å². The second kappa shape index (κ2) is 9.18. The van der Waals surface area contributed by atoms with Crippen LogP contribution in [0.4, 0.5) is 17.1 Å². The predicted octanol–water partition coefficient (Wildman–Crippen LogP) is 4.22. The zero-order valence-corrected chi connectivity index (χ0v) is 15.0. The van der Waals surface area contributed by atoms with E-state index < -0.39 is 4.92 Å². The van der Waals surface area contributed by atoms with Crippen molar-refractivity contribution in [2.75, 3.05) is 17.2 Å². The monoisotopic (exact) mass is 377 g/mol. The van der Waals surface area contributed by atoms with E-state index in [4.69, 9.17) is 4.74 Å². The van der Waals surface area contributed by atoms with Crippen LogP contribution in [0.1, 0.15) is 5.56 Å². The van der Waals surface area contributed by atoms with Gasteiger partial charge in [-0.2, -0.15) is 0 Å². The van der Waals surface area contributed by atoms with Crippen LogP contribution in [0.15, 0.2) is 78.9 Å². The zero-order chi connectivity index (χ0) is 19.8. The van der Waals surface area contributed by atoms with Gasteiger partial charge in [-0.15, -0.1) is 0 Å². The van der Waals surface area contributed by atoms with Gasteiger partial charge in [-0.05, 0) is 42.0 Å². The molecule has 0 heterocycles. The number of nitro groups is 1. The van der Waals surface area contributed by atoms with Crippen LogP contribution < -0.4 is 15.4 Å². The first-order valence-electron chi connectivity index (χ1n) is 8.65. The molecule has 0 unspecified atom stereocenters. The van der Waals surface area contributed by atoms with Crippen LogP contribution in [0, 0.1) is 10.1 Å². The van der Waals surface area contributed by atoms with Crippen molar-refractivity contribution in [2.45, 2.75) is 6.61 Å². The molecule has 2 N–H and O–H groups in total. The van der Waals surface area contributed by atoms with Crippen molar-refractivity contribution in [3.8, 4) is 5.75 Å². The molecule has 0 saturated carbocycles. The summed E-state index contributed by atoms with van der Waals surface area (Å²) in [6.45, 7) is 0.524. The summed E-state index contributed by atoms with van der Waals surface area (Å²) < 4.78 is 5.71. The summed E-state index contributed by atoms with van der Waals surface area (Å²) in [6, 6.07) is 22.9. The molecule has 0 aliphatic heterocycles. The van der Waals surface area contributed by atoms with Crippen LogP contribution in [-0.4, -0.2) is 17.4 Å². The molecule has 1 amide bonds. The first-order chi connectivity index (χ1) is 13.6. The SMILES string of the molecule is O=C(CNc1ccc([N+](=O)[O-])cc1)Nc1ccc(OCc2ccccc2)cc1. The minimum absolute atomic E-state index is 0.00424. The van der Waals surface area contributed by atoms with Crippen LogP contribution in [0.3, 0.4) is 0 Å². The van der Waals surface area contributed by atoms with E-state index in [9.17, 15) is 14.9 Å². The highest BCUT2D eigenvalue weighted by Crippen LogP contribution is 2.18. The molecule has 0 radical (unpaired) electrons. The summed E-state index contributed by atoms with van der Waals surface area (Å²) in [5.74, 6) is 0.488. The first kappa shape index (κ1) is 18.9. The van der Waals surface area contributed by atoms with Gasteiger partial charge in [0.15, 0.2) is 0 Å². The molecule has 0 aliphatic carbocycles. The maximum Gasteiger partial charge on any atom is 0.269 e. The van der Waals surface area contributed by atoms with E-state index in [2.05, 4.69) is 10.6 Å². The van der Waals surface area contributed by atoms with Crippen LogP contribution in [0.2, 0.25) is 0 Å². The minimum Gasteiger partial charge on any atom is -0.489 e. The molecule has 3 rings (SSSR count). The average Bonchev–Trinajstić information content (AvgIpc) is 2.73. The van der Waals surface area contributed by atoms with Crippen LogP contribution in [-0.2, 0) is 11.4 Å². The molecule has 0 aliphatic rings. The van der Waals surface area contributed by atoms with E-state index in [-0.39, 0.29) is 18.1 Å². The molecule has 0 spiro atoms. The molecule has 0 bridgehead atoms. The Balaban J connectivity index is 1.45. The third-order valence-electron chi connectivity index (χ3n) is 3.92. The Labute approximate surface area is 162 Å². The minimum atomic E-state index is -0.469. The number of anilines is 2. The van der Waals surface area contributed by atoms with Gasteiger partial charge in [0.25, 0.3) is 5.69 Å². The molecule has 0 atom stereocenters. The molecular formula is C21H19N3O4. The van der Waals surface area contributed by atoms with Gasteiger partial charge >= 0.3 is 0 Å². The van der Waals surface area contributed by atoms with Crippen molar-refractivity contribution >= 4 is 23.0 Å². The van der Waals surface area contributed by atoms with Gasteiger partial charge in [-0.1, -0.05) is 30.3 Å². The average molecular weight is 377 g/mol. The van der Waals surface area contributed by atoms with Crippen molar-refractivity contribution in [1.29, 1.82) is 0 Å². The maximum absolute atomic E-state index is 12.0. The quantitative estimate of drug-likeness (QED) is 0.453. The standard InChI is InChI=1S/C21H19N3O4/c25-21(14-22-17-6-10-19(11-7-17)24(26)27)23-18-8-12-20(13-9-18)28-15-16-4-2-1-3-5-16/h1-13,22H,14-15H2,(H,23,25). The molecule has 0 saturated heterocycles. The molecule has 0 aromatic heterocycles. The van der Waals surface area contributed by atoms with E-state index >= 15 is 0 Å². The summed E-state index contributed by atoms with van der Waals surface area (Å²) in [4.78, 5) is 22.2. The lowest BCUT2D eigenvalue weighted by atomic mass is 10.2. The number of rotatable bonds is 8. The molecule has 3 aromatic rings. The summed E-state index contributed by atoms with van der Waals surface area (Å²) in [5.41, 5.74) is 2.37. The van der Waals surface area contributed by atoms with Gasteiger partial charge in [0.2, 0.25) is 5.91 Å². The fourth-order valence-corrected chi connectivity index (χ4v) is 2.46. The number of carbonyl (C=O) groups excluding carboxylic acids is 1. The molecule has 7 nitrogen and oxygen atoms in total. The first-order valence-corrected chi connectivity index (χ1v) is 8.65. The highest BCUT2D eigenvalue weighted by molar-refractivity contribution is 5.93. The molecular weight excluding hydrogens is 358 g/mol. The lowest BCUT2D eigenvalue weighted by Gasteiger charge is -2.09. The molecule has 28 heavy (non-hydrogen) atoms. The highest BCUT2D eigenvalue weighted by Gasteiger charge is 2.06. The smallest absolute Gasteiger partial charge is 0.269 e. The Hall–Kier alpha value is -3.87. The predicted molar refractivity (Wildman–Crippen MR) is 107 cm³/mol. The molecule has 3 aromatic carbocycles. The number of carbonyl (C=O) groups is 1. The van der Waals surface area contributed by atoms with E-state index in [1.807, 2.05) is 30.3 Å². The lowest BCUT2D eigenvalue weighted by molar-refractivity contribution is -0.384. The van der Waals surface area contributed by atoms with Crippen molar-refractivity contribution in [3.05, 3.63) is 94.5 Å². The summed E-state index contributed by atoms with van der Waals surface area (Å²) >= 11 is 0. The topological polar surface area (TPSA) is 93.5 Å². The van der Waals surface area contributed by atoms with E-state index in [1.54, 1.807) is 36.4 Å². The van der Waals surface area contributed by atoms with Gasteiger partial charge in [-0.3, -0.25) is 14.9 Å². The second-order valence-corrected chi connectivity index (χ2v) is 6.00. The maximum atomic E-state index is 12.0. The highest BCUT2D eigenvalue weighted by atomic mass is 16.6. The van der Waals surface area contributed by atoms with E-state index in [1.165, 1.54) is 12.1 Å². The molecule has 0 fully saturated rings. The number of ether oxygens (including phenoxy) is 1. The summed E-state index contributed by atoms with van der Waals surface area (Å²) in [7, 11) is 0. The third kappa shape index (κ3) is 5.57. The van der Waals surface area contributed by atoms with Crippen LogP contribution in [0.5, 0.6) is 5.75 Å². The van der Waals surface area contributed by atoms with Gasteiger partial charge < -0.3 is 15.4 Å². The Bertz CT molecular complexity index is 926. The Kier molecular flexibility index (Phi) is 6.20. The van der Waals surface area contributed by atoms with Gasteiger partial charge in [-0.25, -0.2) is 0 Å². The van der Waals surface area contributed by atoms with Crippen molar-refractivity contribution in [3.63, 3.8) is 0 Å². The van der Waals surface area contributed by atoms with Crippen molar-refractivity contribution < 1.29 is 14.5 Å². The summed E-state index contributed by atoms with van der Waals surface area (Å²) in [6.07, 6.45) is 0. The molecule has 142 valence electrons. The van der Waals surface area contributed by atoms with Crippen molar-refractivity contribution in [1.82, 2.24) is 0 Å². The van der Waals surface area contributed by atoms with Crippen LogP contribution >= 0.6 is 0 Å². The second-order valence-electron chi connectivity index (χ2n) is 6.00. The molecule has 7 heteroatoms. The largest absolute Gasteiger partial charge is 0.489 e. The Morgan fingerprint density at radius 2 is 1.54 bits per heavy atom. The number of non-ortho nitro benzene ring substituents is 1. The fourth-order valence-electron chi connectivity index (χ4n) is 2.46. The number of hydrogen-bond acceptors (Lipinski definition) is 5. The normalized spacial score (nSPS) is 10.1. The van der Waals surface area contributed by atoms with Gasteiger partial charge in [0.1, 0.15) is 12.4 Å². The number of benzene rings is 3. The number of nitrogens with zero attached hydrogens (tertiary/aromatic N) is 1. The number of hydrogen-bond donors (Lipinski definition) is 2. The lowest BCUT2D eigenvalue weighted by Crippen LogP contribution is -2.21. The Morgan fingerprint density at radius 3 is 2.18 bits per heavy atom. The van der Waals surface area contributed by atoms with E-state index in [0.29, 0.717) is 23.7 Å². The van der Waals surface area contributed by atoms with Gasteiger partial charge in [0.05, 0.1) is 11.5 Å². The number of nitrogens with one attached hydrogen (secondary N) is 2.